The molecule has 0 unspecified atom stereocenters. The summed E-state index contributed by atoms with van der Waals surface area (Å²) in [5, 5.41) is 13.2. The number of fused-ring (bicyclic) bond motifs is 1. The lowest BCUT2D eigenvalue weighted by atomic mass is 9.98. The fourth-order valence-electron chi connectivity index (χ4n) is 3.88. The van der Waals surface area contributed by atoms with Crippen LogP contribution in [0.1, 0.15) is 36.2 Å². The highest BCUT2D eigenvalue weighted by Gasteiger charge is 2.35. The number of hydrogen-bond acceptors (Lipinski definition) is 9. The van der Waals surface area contributed by atoms with Crippen LogP contribution >= 0.6 is 11.5 Å². The molecule has 4 heterocycles. The Bertz CT molecular complexity index is 1270. The molecule has 12 heteroatoms. The predicted octanol–water partition coefficient (Wildman–Crippen LogP) is 1.61. The fourth-order valence-corrected chi connectivity index (χ4v) is 4.39. The summed E-state index contributed by atoms with van der Waals surface area (Å²) in [6, 6.07) is 1.73. The van der Waals surface area contributed by atoms with Crippen LogP contribution in [0.25, 0.3) is 16.2 Å². The highest BCUT2D eigenvalue weighted by Crippen LogP contribution is 2.28. The molecule has 1 amide bonds. The number of carbonyl (C=O) groups is 2. The van der Waals surface area contributed by atoms with E-state index in [-0.39, 0.29) is 28.8 Å². The van der Waals surface area contributed by atoms with Crippen molar-refractivity contribution in [2.45, 2.75) is 33.2 Å². The minimum atomic E-state index is -1.32. The van der Waals surface area contributed by atoms with Gasteiger partial charge in [0.1, 0.15) is 17.7 Å². The van der Waals surface area contributed by atoms with Crippen LogP contribution in [0.2, 0.25) is 0 Å². The minimum Gasteiger partial charge on any atom is -0.477 e. The van der Waals surface area contributed by atoms with E-state index in [1.165, 1.54) is 17.1 Å². The third kappa shape index (κ3) is 4.50. The van der Waals surface area contributed by atoms with Gasteiger partial charge in [0, 0.05) is 37.4 Å². The van der Waals surface area contributed by atoms with Crippen molar-refractivity contribution in [1.82, 2.24) is 24.2 Å². The van der Waals surface area contributed by atoms with Crippen molar-refractivity contribution in [2.24, 2.45) is 5.92 Å². The first-order valence-corrected chi connectivity index (χ1v) is 11.8. The number of nitrogens with zero attached hydrogens (tertiary/aromatic N) is 5. The second-order valence-electron chi connectivity index (χ2n) is 8.14. The number of rotatable bonds is 9. The van der Waals surface area contributed by atoms with Crippen LogP contribution < -0.4 is 15.6 Å². The number of hydrogen-bond donors (Lipinski definition) is 2. The van der Waals surface area contributed by atoms with Gasteiger partial charge in [-0.1, -0.05) is 6.92 Å². The average Bonchev–Trinajstić information content (AvgIpc) is 3.30. The number of carboxylic acid groups (broad SMARTS) is 1. The minimum absolute atomic E-state index is 0.0165. The van der Waals surface area contributed by atoms with Gasteiger partial charge in [0.25, 0.3) is 0 Å². The van der Waals surface area contributed by atoms with Gasteiger partial charge in [0.2, 0.25) is 16.5 Å². The second kappa shape index (κ2) is 9.85. The van der Waals surface area contributed by atoms with Gasteiger partial charge in [0.05, 0.1) is 24.0 Å². The summed E-state index contributed by atoms with van der Waals surface area (Å²) < 4.78 is 10.9. The van der Waals surface area contributed by atoms with E-state index in [9.17, 15) is 19.5 Å². The highest BCUT2D eigenvalue weighted by molar-refractivity contribution is 7.08. The largest absolute Gasteiger partial charge is 0.477 e. The molecule has 1 aliphatic heterocycles. The van der Waals surface area contributed by atoms with E-state index in [1.54, 1.807) is 13.0 Å². The van der Waals surface area contributed by atoms with Gasteiger partial charge in [-0.25, -0.2) is 14.8 Å². The van der Waals surface area contributed by atoms with Crippen molar-refractivity contribution < 1.29 is 19.4 Å². The van der Waals surface area contributed by atoms with Crippen LogP contribution in [0.15, 0.2) is 23.4 Å². The molecule has 0 aromatic carbocycles. The molecule has 1 saturated heterocycles. The smallest absolute Gasteiger partial charge is 0.341 e. The molecular weight excluding hydrogens is 460 g/mol. The Hall–Kier alpha value is -3.38. The fraction of sp³-hybridized carbons (Fsp3) is 0.455. The lowest BCUT2D eigenvalue weighted by Crippen LogP contribution is -2.56. The number of ether oxygens (including phenoxy) is 1. The maximum absolute atomic E-state index is 12.9. The second-order valence-corrected chi connectivity index (χ2v) is 8.90. The number of aryl methyl sites for hydroxylation is 1. The lowest BCUT2D eigenvalue weighted by Gasteiger charge is -2.40. The van der Waals surface area contributed by atoms with E-state index in [4.69, 9.17) is 4.74 Å². The Labute approximate surface area is 199 Å². The topological polar surface area (TPSA) is 140 Å². The molecule has 1 fully saturated rings. The normalized spacial score (nSPS) is 14.7. The zero-order chi connectivity index (χ0) is 24.4. The van der Waals surface area contributed by atoms with E-state index in [2.05, 4.69) is 19.7 Å². The number of pyridine rings is 2. The summed E-state index contributed by atoms with van der Waals surface area (Å²) in [5.74, 6) is -0.901. The Balaban J connectivity index is 1.62. The van der Waals surface area contributed by atoms with Crippen molar-refractivity contribution in [3.8, 4) is 5.13 Å². The van der Waals surface area contributed by atoms with E-state index in [0.29, 0.717) is 48.5 Å². The van der Waals surface area contributed by atoms with Crippen LogP contribution in [-0.2, 0) is 9.53 Å². The van der Waals surface area contributed by atoms with Gasteiger partial charge >= 0.3 is 5.97 Å². The highest BCUT2D eigenvalue weighted by atomic mass is 32.1. The third-order valence-corrected chi connectivity index (χ3v) is 6.53. The standard InChI is InChI=1S/C22H26N6O5S/c1-4-14(10-33-5-2)25-20(30)13-7-27(8-13)16-6-12(3)17-18(29)15(21(31)32)9-28(19(17)26-16)22-23-11-24-34-22/h6,9,11,13-14H,4-5,7-8,10H2,1-3H3,(H,25,30)(H,31,32)/t14-/m1/s1. The van der Waals surface area contributed by atoms with Crippen LogP contribution in [0.4, 0.5) is 5.82 Å². The Morgan fingerprint density at radius 1 is 1.35 bits per heavy atom. The van der Waals surface area contributed by atoms with E-state index < -0.39 is 11.4 Å². The molecule has 180 valence electrons. The van der Waals surface area contributed by atoms with Gasteiger partial charge < -0.3 is 20.1 Å². The molecule has 34 heavy (non-hydrogen) atoms. The molecule has 0 bridgehead atoms. The van der Waals surface area contributed by atoms with Gasteiger partial charge in [-0.3, -0.25) is 14.2 Å². The molecule has 0 aliphatic carbocycles. The summed E-state index contributed by atoms with van der Waals surface area (Å²) in [4.78, 5) is 48.0. The Morgan fingerprint density at radius 2 is 2.12 bits per heavy atom. The van der Waals surface area contributed by atoms with Crippen LogP contribution in [0.3, 0.4) is 0 Å². The summed E-state index contributed by atoms with van der Waals surface area (Å²) in [6.45, 7) is 7.75. The van der Waals surface area contributed by atoms with Crippen molar-refractivity contribution in [3.05, 3.63) is 39.9 Å². The molecular formula is C22H26N6O5S. The van der Waals surface area contributed by atoms with Gasteiger partial charge in [-0.15, -0.1) is 0 Å². The molecule has 0 saturated carbocycles. The summed E-state index contributed by atoms with van der Waals surface area (Å²) >= 11 is 1.06. The van der Waals surface area contributed by atoms with Crippen molar-refractivity contribution in [1.29, 1.82) is 0 Å². The third-order valence-electron chi connectivity index (χ3n) is 5.87. The van der Waals surface area contributed by atoms with Gasteiger partial charge in [0.15, 0.2) is 5.65 Å². The van der Waals surface area contributed by atoms with E-state index in [1.807, 2.05) is 18.7 Å². The Kier molecular flexibility index (Phi) is 6.89. The van der Waals surface area contributed by atoms with Crippen molar-refractivity contribution >= 4 is 40.3 Å². The number of carboxylic acids is 1. The zero-order valence-corrected chi connectivity index (χ0v) is 20.0. The number of amides is 1. The molecule has 1 atom stereocenters. The first-order valence-electron chi connectivity index (χ1n) is 11.0. The molecule has 11 nitrogen and oxygen atoms in total. The maximum atomic E-state index is 12.9. The van der Waals surface area contributed by atoms with Crippen LogP contribution in [0, 0.1) is 12.8 Å². The first kappa shape index (κ1) is 23.8. The SMILES string of the molecule is CCOC[C@@H](CC)NC(=O)C1CN(c2cc(C)c3c(=O)c(C(=O)O)cn(-c4ncns4)c3n2)C1. The molecule has 2 N–H and O–H groups in total. The summed E-state index contributed by atoms with van der Waals surface area (Å²) in [7, 11) is 0. The van der Waals surface area contributed by atoms with Gasteiger partial charge in [-0.2, -0.15) is 4.37 Å². The molecule has 3 aromatic heterocycles. The van der Waals surface area contributed by atoms with Crippen molar-refractivity contribution in [3.63, 3.8) is 0 Å². The monoisotopic (exact) mass is 486 g/mol. The van der Waals surface area contributed by atoms with Gasteiger partial charge in [-0.05, 0) is 31.9 Å². The molecule has 0 spiro atoms. The molecule has 1 aliphatic rings. The first-order chi connectivity index (χ1) is 16.3. The lowest BCUT2D eigenvalue weighted by molar-refractivity contribution is -0.127. The molecule has 0 radical (unpaired) electrons. The number of anilines is 1. The summed E-state index contributed by atoms with van der Waals surface area (Å²) in [5.41, 5.74) is -0.0569. The number of aromatic nitrogens is 4. The number of carbonyl (C=O) groups excluding carboxylic acids is 1. The van der Waals surface area contributed by atoms with Crippen molar-refractivity contribution in [2.75, 3.05) is 31.2 Å². The van der Waals surface area contributed by atoms with Crippen LogP contribution in [-0.4, -0.2) is 68.2 Å². The quantitative estimate of drug-likeness (QED) is 0.462. The van der Waals surface area contributed by atoms with E-state index in [0.717, 1.165) is 18.0 Å². The molecule has 4 rings (SSSR count). The van der Waals surface area contributed by atoms with E-state index >= 15 is 0 Å². The average molecular weight is 487 g/mol. The van der Waals surface area contributed by atoms with Crippen LogP contribution in [0.5, 0.6) is 0 Å². The molecule has 3 aromatic rings. The number of nitrogens with one attached hydrogen (secondary N) is 1. The zero-order valence-electron chi connectivity index (χ0n) is 19.1. The number of aromatic carboxylic acids is 1. The maximum Gasteiger partial charge on any atom is 0.341 e. The Morgan fingerprint density at radius 3 is 2.74 bits per heavy atom. The summed E-state index contributed by atoms with van der Waals surface area (Å²) in [6.07, 6.45) is 3.38. The predicted molar refractivity (Wildman–Crippen MR) is 127 cm³/mol.